The molecule has 0 amide bonds. The first kappa shape index (κ1) is 8.25. The maximum Gasteiger partial charge on any atom is 0.275 e. The van der Waals surface area contributed by atoms with E-state index >= 15 is 0 Å². The highest BCUT2D eigenvalue weighted by molar-refractivity contribution is 7.58. The van der Waals surface area contributed by atoms with Crippen molar-refractivity contribution in [3.05, 3.63) is 0 Å². The van der Waals surface area contributed by atoms with Crippen LogP contribution >= 0.6 is 7.52 Å². The van der Waals surface area contributed by atoms with Gasteiger partial charge in [0.15, 0.2) is 0 Å². The Bertz CT molecular complexity index is 163. The SMILES string of the molecule is CC(C)(C)P1(=O)NCCO1. The van der Waals surface area contributed by atoms with E-state index in [0.717, 1.165) is 0 Å². The molecule has 0 aromatic rings. The van der Waals surface area contributed by atoms with Gasteiger partial charge in [-0.05, 0) is 20.8 Å². The molecular formula is C6H14NO2P. The van der Waals surface area contributed by atoms with E-state index in [-0.39, 0.29) is 5.16 Å². The van der Waals surface area contributed by atoms with Crippen LogP contribution in [0, 0.1) is 0 Å². The number of hydrogen-bond acceptors (Lipinski definition) is 2. The van der Waals surface area contributed by atoms with Crippen LogP contribution in [0.5, 0.6) is 0 Å². The minimum atomic E-state index is -2.50. The van der Waals surface area contributed by atoms with E-state index in [0.29, 0.717) is 13.2 Å². The summed E-state index contributed by atoms with van der Waals surface area (Å²) in [5.41, 5.74) is 0. The van der Waals surface area contributed by atoms with Gasteiger partial charge in [0.25, 0.3) is 7.52 Å². The molecule has 0 spiro atoms. The van der Waals surface area contributed by atoms with Crippen molar-refractivity contribution in [2.45, 2.75) is 25.9 Å². The predicted molar refractivity (Wildman–Crippen MR) is 41.3 cm³/mol. The van der Waals surface area contributed by atoms with Crippen molar-refractivity contribution in [1.29, 1.82) is 0 Å². The molecule has 0 radical (unpaired) electrons. The van der Waals surface area contributed by atoms with E-state index in [1.54, 1.807) is 0 Å². The van der Waals surface area contributed by atoms with Gasteiger partial charge in [-0.3, -0.25) is 4.57 Å². The van der Waals surface area contributed by atoms with Crippen LogP contribution < -0.4 is 5.09 Å². The summed E-state index contributed by atoms with van der Waals surface area (Å²) in [7, 11) is -2.50. The fourth-order valence-corrected chi connectivity index (χ4v) is 2.53. The van der Waals surface area contributed by atoms with Crippen molar-refractivity contribution < 1.29 is 9.09 Å². The van der Waals surface area contributed by atoms with Gasteiger partial charge in [-0.1, -0.05) is 0 Å². The minimum absolute atomic E-state index is 0.260. The Kier molecular flexibility index (Phi) is 1.92. The average Bonchev–Trinajstić information content (AvgIpc) is 2.13. The summed E-state index contributed by atoms with van der Waals surface area (Å²) < 4.78 is 16.9. The molecule has 1 aliphatic rings. The molecule has 3 nitrogen and oxygen atoms in total. The lowest BCUT2D eigenvalue weighted by atomic mass is 10.3. The van der Waals surface area contributed by atoms with Gasteiger partial charge in [0, 0.05) is 6.54 Å². The van der Waals surface area contributed by atoms with E-state index in [2.05, 4.69) is 5.09 Å². The second-order valence-electron chi connectivity index (χ2n) is 3.46. The Labute approximate surface area is 61.7 Å². The summed E-state index contributed by atoms with van der Waals surface area (Å²) >= 11 is 0. The predicted octanol–water partition coefficient (Wildman–Crippen LogP) is 1.60. The molecule has 0 saturated carbocycles. The van der Waals surface area contributed by atoms with E-state index in [9.17, 15) is 4.57 Å². The zero-order chi connectivity index (χ0) is 7.83. The zero-order valence-corrected chi connectivity index (χ0v) is 7.57. The smallest absolute Gasteiger partial charge is 0.275 e. The molecule has 1 N–H and O–H groups in total. The van der Waals surface area contributed by atoms with Crippen LogP contribution in [0.4, 0.5) is 0 Å². The van der Waals surface area contributed by atoms with Gasteiger partial charge in [-0.15, -0.1) is 0 Å². The molecule has 10 heavy (non-hydrogen) atoms. The largest absolute Gasteiger partial charge is 0.316 e. The Morgan fingerprint density at radius 3 is 2.30 bits per heavy atom. The Morgan fingerprint density at radius 2 is 2.10 bits per heavy atom. The van der Waals surface area contributed by atoms with Gasteiger partial charge >= 0.3 is 0 Å². The second-order valence-corrected chi connectivity index (χ2v) is 6.48. The molecule has 1 unspecified atom stereocenters. The molecule has 4 heteroatoms. The van der Waals surface area contributed by atoms with Crippen LogP contribution in [0.25, 0.3) is 0 Å². The molecule has 0 aromatic heterocycles. The Hall–Kier alpha value is 0.150. The normalized spacial score (nSPS) is 34.7. The third-order valence-electron chi connectivity index (χ3n) is 1.58. The monoisotopic (exact) mass is 163 g/mol. The number of nitrogens with one attached hydrogen (secondary N) is 1. The fourth-order valence-electron chi connectivity index (χ4n) is 0.843. The summed E-state index contributed by atoms with van der Waals surface area (Å²) in [6, 6.07) is 0. The molecular weight excluding hydrogens is 149 g/mol. The van der Waals surface area contributed by atoms with Gasteiger partial charge in [-0.25, -0.2) is 5.09 Å². The lowest BCUT2D eigenvalue weighted by Gasteiger charge is -2.25. The highest BCUT2D eigenvalue weighted by Gasteiger charge is 2.40. The third kappa shape index (κ3) is 1.26. The summed E-state index contributed by atoms with van der Waals surface area (Å²) in [5.74, 6) is 0. The third-order valence-corrected chi connectivity index (χ3v) is 4.53. The molecule has 1 rings (SSSR count). The maximum absolute atomic E-state index is 11.7. The number of hydrogen-bond donors (Lipinski definition) is 1. The first-order chi connectivity index (χ1) is 4.46. The zero-order valence-electron chi connectivity index (χ0n) is 6.68. The van der Waals surface area contributed by atoms with Crippen molar-refractivity contribution in [3.63, 3.8) is 0 Å². The van der Waals surface area contributed by atoms with Gasteiger partial charge in [-0.2, -0.15) is 0 Å². The Balaban J connectivity index is 2.78. The van der Waals surface area contributed by atoms with Gasteiger partial charge < -0.3 is 4.52 Å². The molecule has 1 fully saturated rings. The van der Waals surface area contributed by atoms with Crippen molar-refractivity contribution >= 4 is 7.52 Å². The summed E-state index contributed by atoms with van der Waals surface area (Å²) in [6.45, 7) is 7.06. The van der Waals surface area contributed by atoms with Crippen LogP contribution in [-0.2, 0) is 9.09 Å². The van der Waals surface area contributed by atoms with Crippen LogP contribution in [0.3, 0.4) is 0 Å². The van der Waals surface area contributed by atoms with Crippen molar-refractivity contribution in [1.82, 2.24) is 5.09 Å². The standard InChI is InChI=1S/C6H14NO2P/c1-6(2,3)10(8)7-4-5-9-10/h4-5H2,1-3H3,(H,7,8). The lowest BCUT2D eigenvalue weighted by molar-refractivity contribution is 0.342. The van der Waals surface area contributed by atoms with Crippen molar-refractivity contribution in [2.24, 2.45) is 0 Å². The van der Waals surface area contributed by atoms with E-state index in [1.165, 1.54) is 0 Å². The topological polar surface area (TPSA) is 38.3 Å². The van der Waals surface area contributed by atoms with Gasteiger partial charge in [0.1, 0.15) is 0 Å². The summed E-state index contributed by atoms with van der Waals surface area (Å²) in [6.07, 6.45) is 0. The van der Waals surface area contributed by atoms with Gasteiger partial charge in [0.05, 0.1) is 11.8 Å². The molecule has 0 bridgehead atoms. The lowest BCUT2D eigenvalue weighted by Crippen LogP contribution is -2.21. The van der Waals surface area contributed by atoms with Gasteiger partial charge in [0.2, 0.25) is 0 Å². The summed E-state index contributed by atoms with van der Waals surface area (Å²) in [4.78, 5) is 0. The molecule has 1 saturated heterocycles. The highest BCUT2D eigenvalue weighted by Crippen LogP contribution is 2.56. The first-order valence-corrected chi connectivity index (χ1v) is 5.08. The molecule has 60 valence electrons. The molecule has 1 atom stereocenters. The second kappa shape index (κ2) is 2.33. The van der Waals surface area contributed by atoms with Crippen LogP contribution in [-0.4, -0.2) is 18.3 Å². The first-order valence-electron chi connectivity index (χ1n) is 3.45. The van der Waals surface area contributed by atoms with Crippen LogP contribution in [0.1, 0.15) is 20.8 Å². The fraction of sp³-hybridized carbons (Fsp3) is 1.00. The van der Waals surface area contributed by atoms with E-state index in [1.807, 2.05) is 20.8 Å². The molecule has 1 aliphatic heterocycles. The number of rotatable bonds is 0. The molecule has 1 heterocycles. The van der Waals surface area contributed by atoms with E-state index < -0.39 is 7.52 Å². The minimum Gasteiger partial charge on any atom is -0.316 e. The Morgan fingerprint density at radius 1 is 1.50 bits per heavy atom. The molecule has 0 aliphatic carbocycles. The van der Waals surface area contributed by atoms with E-state index in [4.69, 9.17) is 4.52 Å². The summed E-state index contributed by atoms with van der Waals surface area (Å²) in [5, 5.41) is 2.65. The highest BCUT2D eigenvalue weighted by atomic mass is 31.2. The molecule has 0 aromatic carbocycles. The quantitative estimate of drug-likeness (QED) is 0.551. The van der Waals surface area contributed by atoms with Crippen LogP contribution in [0.2, 0.25) is 0 Å². The van der Waals surface area contributed by atoms with Crippen LogP contribution in [0.15, 0.2) is 0 Å². The average molecular weight is 163 g/mol. The maximum atomic E-state index is 11.7. The van der Waals surface area contributed by atoms with Crippen molar-refractivity contribution in [2.75, 3.05) is 13.2 Å². The van der Waals surface area contributed by atoms with Crippen molar-refractivity contribution in [3.8, 4) is 0 Å².